The number of anilines is 2. The van der Waals surface area contributed by atoms with Crippen LogP contribution in [0.3, 0.4) is 0 Å². The van der Waals surface area contributed by atoms with Crippen molar-refractivity contribution >= 4 is 17.4 Å². The van der Waals surface area contributed by atoms with Crippen LogP contribution in [0, 0.1) is 17.6 Å². The van der Waals surface area contributed by atoms with Crippen molar-refractivity contribution < 1.29 is 18.7 Å². The highest BCUT2D eigenvalue weighted by Gasteiger charge is 2.53. The zero-order valence-corrected chi connectivity index (χ0v) is 17.3. The molecule has 0 bridgehead atoms. The zero-order chi connectivity index (χ0) is 21.5. The summed E-state index contributed by atoms with van der Waals surface area (Å²) in [6.07, 6.45) is 4.94. The molecule has 0 spiro atoms. The van der Waals surface area contributed by atoms with E-state index in [4.69, 9.17) is 0 Å². The normalized spacial score (nSPS) is 25.6. The Kier molecular flexibility index (Phi) is 5.40. The van der Waals surface area contributed by atoms with Gasteiger partial charge < -0.3 is 10.4 Å². The summed E-state index contributed by atoms with van der Waals surface area (Å²) in [4.78, 5) is 17.1. The number of amides is 2. The number of nitrogens with one attached hydrogen (secondary N) is 1. The number of hydrogen-bond donors (Lipinski definition) is 2. The van der Waals surface area contributed by atoms with Crippen LogP contribution in [0.15, 0.2) is 42.5 Å². The molecule has 2 heterocycles. The number of benzene rings is 2. The summed E-state index contributed by atoms with van der Waals surface area (Å²) in [5.41, 5.74) is 1.61. The van der Waals surface area contributed by atoms with Crippen molar-refractivity contribution in [3.8, 4) is 0 Å². The minimum absolute atomic E-state index is 0.0534. The number of nitrogens with zero attached hydrogens (tertiary/aromatic N) is 2. The summed E-state index contributed by atoms with van der Waals surface area (Å²) in [5.74, 6) is -0.485. The average molecular weight is 427 g/mol. The van der Waals surface area contributed by atoms with Crippen LogP contribution in [-0.2, 0) is 0 Å². The number of para-hydroxylation sites is 1. The highest BCUT2D eigenvalue weighted by atomic mass is 19.1. The number of urea groups is 1. The molecule has 1 saturated carbocycles. The number of fused-ring (bicyclic) bond motifs is 3. The second-order valence-corrected chi connectivity index (χ2v) is 8.91. The van der Waals surface area contributed by atoms with Crippen LogP contribution in [0.1, 0.15) is 37.2 Å². The summed E-state index contributed by atoms with van der Waals surface area (Å²) in [6.45, 7) is 1.47. The van der Waals surface area contributed by atoms with Crippen LogP contribution in [0.25, 0.3) is 0 Å². The number of carbonyl (C=O) groups excluding carboxylic acids is 1. The van der Waals surface area contributed by atoms with E-state index in [1.165, 1.54) is 25.7 Å². The topological polar surface area (TPSA) is 55.8 Å². The molecule has 1 aliphatic carbocycles. The van der Waals surface area contributed by atoms with Gasteiger partial charge in [0.1, 0.15) is 11.6 Å². The second-order valence-electron chi connectivity index (χ2n) is 8.91. The number of carbonyl (C=O) groups is 1. The van der Waals surface area contributed by atoms with Gasteiger partial charge in [0.2, 0.25) is 0 Å². The molecule has 3 aliphatic rings. The average Bonchev–Trinajstić information content (AvgIpc) is 3.28. The van der Waals surface area contributed by atoms with Crippen molar-refractivity contribution in [2.75, 3.05) is 29.9 Å². The summed E-state index contributed by atoms with van der Waals surface area (Å²) < 4.78 is 27.7. The minimum Gasteiger partial charge on any atom is -0.395 e. The molecule has 2 amide bonds. The lowest BCUT2D eigenvalue weighted by Gasteiger charge is -2.59. The van der Waals surface area contributed by atoms with Gasteiger partial charge in [-0.15, -0.1) is 0 Å². The smallest absolute Gasteiger partial charge is 0.326 e. The van der Waals surface area contributed by atoms with Gasteiger partial charge in [-0.25, -0.2) is 13.6 Å². The van der Waals surface area contributed by atoms with Crippen molar-refractivity contribution in [3.05, 3.63) is 59.7 Å². The molecule has 2 N–H and O–H groups in total. The fourth-order valence-electron chi connectivity index (χ4n) is 5.70. The van der Waals surface area contributed by atoms with Crippen molar-refractivity contribution in [1.82, 2.24) is 4.90 Å². The third-order valence-electron chi connectivity index (χ3n) is 7.18. The van der Waals surface area contributed by atoms with E-state index in [-0.39, 0.29) is 30.3 Å². The van der Waals surface area contributed by atoms with Gasteiger partial charge >= 0.3 is 6.03 Å². The quantitative estimate of drug-likeness (QED) is 0.764. The number of aliphatic hydroxyl groups is 1. The van der Waals surface area contributed by atoms with E-state index < -0.39 is 17.7 Å². The second kappa shape index (κ2) is 8.20. The number of rotatable bonds is 4. The van der Waals surface area contributed by atoms with Crippen LogP contribution < -0.4 is 10.2 Å². The van der Waals surface area contributed by atoms with Gasteiger partial charge in [0.15, 0.2) is 0 Å². The van der Waals surface area contributed by atoms with Crippen molar-refractivity contribution in [2.45, 2.75) is 43.7 Å². The largest absolute Gasteiger partial charge is 0.395 e. The molecule has 2 fully saturated rings. The lowest BCUT2D eigenvalue weighted by atomic mass is 9.71. The molecule has 2 aliphatic heterocycles. The van der Waals surface area contributed by atoms with Crippen molar-refractivity contribution in [2.24, 2.45) is 5.92 Å². The summed E-state index contributed by atoms with van der Waals surface area (Å²) >= 11 is 0. The van der Waals surface area contributed by atoms with Crippen molar-refractivity contribution in [1.29, 1.82) is 0 Å². The molecule has 5 rings (SSSR count). The van der Waals surface area contributed by atoms with Gasteiger partial charge in [-0.05, 0) is 42.5 Å². The third-order valence-corrected chi connectivity index (χ3v) is 7.18. The lowest BCUT2D eigenvalue weighted by Crippen LogP contribution is -2.70. The maximum Gasteiger partial charge on any atom is 0.326 e. The SMILES string of the molecule is O=C(Nc1cc(F)ccc1F)N1C[C@@H]2[C@H](c3ccccc31)[C@H](CO)N2CC1CCCC1. The Labute approximate surface area is 180 Å². The van der Waals surface area contributed by atoms with Gasteiger partial charge in [-0.3, -0.25) is 9.80 Å². The monoisotopic (exact) mass is 427 g/mol. The molecule has 0 unspecified atom stereocenters. The van der Waals surface area contributed by atoms with Gasteiger partial charge in [0, 0.05) is 42.8 Å². The maximum absolute atomic E-state index is 14.1. The van der Waals surface area contributed by atoms with Gasteiger partial charge in [0.05, 0.1) is 12.3 Å². The number of halogens is 2. The van der Waals surface area contributed by atoms with E-state index in [0.717, 1.165) is 36.0 Å². The molecule has 2 aromatic rings. The molecule has 0 radical (unpaired) electrons. The maximum atomic E-state index is 14.1. The molecule has 2 aromatic carbocycles. The van der Waals surface area contributed by atoms with E-state index in [1.807, 2.05) is 24.3 Å². The first-order valence-electron chi connectivity index (χ1n) is 11.1. The Morgan fingerprint density at radius 1 is 1.13 bits per heavy atom. The van der Waals surface area contributed by atoms with E-state index in [1.54, 1.807) is 4.90 Å². The van der Waals surface area contributed by atoms with Gasteiger partial charge in [0.25, 0.3) is 0 Å². The summed E-state index contributed by atoms with van der Waals surface area (Å²) in [6, 6.07) is 10.4. The van der Waals surface area contributed by atoms with Crippen LogP contribution >= 0.6 is 0 Å². The molecule has 31 heavy (non-hydrogen) atoms. The molecule has 3 atom stereocenters. The molecule has 5 nitrogen and oxygen atoms in total. The van der Waals surface area contributed by atoms with E-state index in [0.29, 0.717) is 12.5 Å². The first kappa shape index (κ1) is 20.4. The molecule has 0 aromatic heterocycles. The lowest BCUT2D eigenvalue weighted by molar-refractivity contribution is -0.0509. The van der Waals surface area contributed by atoms with Crippen molar-refractivity contribution in [3.63, 3.8) is 0 Å². The summed E-state index contributed by atoms with van der Waals surface area (Å²) in [5, 5.41) is 12.6. The Hall–Kier alpha value is -2.51. The van der Waals surface area contributed by atoms with Crippen LogP contribution in [0.2, 0.25) is 0 Å². The first-order valence-corrected chi connectivity index (χ1v) is 11.1. The Bertz CT molecular complexity index is 979. The standard InChI is InChI=1S/C24H27F2N3O2/c25-16-9-10-18(26)19(11-16)27-24(31)29-13-21-23(17-7-3-4-8-20(17)29)22(14-30)28(21)12-15-5-1-2-6-15/h3-4,7-11,15,21-23,30H,1-2,5-6,12-14H2,(H,27,31)/t21-,22+,23+/m1/s1. The van der Waals surface area contributed by atoms with E-state index in [9.17, 15) is 18.7 Å². The predicted octanol–water partition coefficient (Wildman–Crippen LogP) is 4.34. The highest BCUT2D eigenvalue weighted by molar-refractivity contribution is 6.03. The van der Waals surface area contributed by atoms with E-state index >= 15 is 0 Å². The number of likely N-dealkylation sites (tertiary alicyclic amines) is 1. The molecular formula is C24H27F2N3O2. The van der Waals surface area contributed by atoms with Gasteiger partial charge in [-0.2, -0.15) is 0 Å². The molecule has 164 valence electrons. The van der Waals surface area contributed by atoms with Crippen LogP contribution in [-0.4, -0.2) is 47.8 Å². The van der Waals surface area contributed by atoms with E-state index in [2.05, 4.69) is 10.2 Å². The van der Waals surface area contributed by atoms with Crippen LogP contribution in [0.5, 0.6) is 0 Å². The Morgan fingerprint density at radius 3 is 2.68 bits per heavy atom. The Balaban J connectivity index is 1.42. The molecular weight excluding hydrogens is 400 g/mol. The third kappa shape index (κ3) is 3.59. The Morgan fingerprint density at radius 2 is 1.90 bits per heavy atom. The fourth-order valence-corrected chi connectivity index (χ4v) is 5.70. The number of hydrogen-bond acceptors (Lipinski definition) is 3. The number of aliphatic hydroxyl groups excluding tert-OH is 1. The van der Waals surface area contributed by atoms with Gasteiger partial charge in [-0.1, -0.05) is 31.0 Å². The molecule has 1 saturated heterocycles. The summed E-state index contributed by atoms with van der Waals surface area (Å²) in [7, 11) is 0. The predicted molar refractivity (Wildman–Crippen MR) is 115 cm³/mol. The first-order chi connectivity index (χ1) is 15.1. The zero-order valence-electron chi connectivity index (χ0n) is 17.3. The van der Waals surface area contributed by atoms with Crippen LogP contribution in [0.4, 0.5) is 25.0 Å². The molecule has 7 heteroatoms. The minimum atomic E-state index is -0.676. The fraction of sp³-hybridized carbons (Fsp3) is 0.458. The highest BCUT2D eigenvalue weighted by Crippen LogP contribution is 2.49.